The van der Waals surface area contributed by atoms with E-state index in [4.69, 9.17) is 0 Å². The lowest BCUT2D eigenvalue weighted by molar-refractivity contribution is -0.112. The van der Waals surface area contributed by atoms with Gasteiger partial charge in [-0.25, -0.2) is 0 Å². The molecule has 7 heteroatoms. The fraction of sp³-hybridized carbons (Fsp3) is 0.375. The summed E-state index contributed by atoms with van der Waals surface area (Å²) in [7, 11) is 0. The number of nitrogens with one attached hydrogen (secondary N) is 1. The van der Waals surface area contributed by atoms with Crippen LogP contribution in [-0.4, -0.2) is 20.7 Å². The molecule has 0 aliphatic carbocycles. The number of carbonyl (C=O) groups is 1. The number of anilines is 1. The minimum atomic E-state index is -0.469. The van der Waals surface area contributed by atoms with Crippen molar-refractivity contribution in [3.63, 3.8) is 0 Å². The highest BCUT2D eigenvalue weighted by molar-refractivity contribution is 7.15. The summed E-state index contributed by atoms with van der Waals surface area (Å²) < 4.78 is 2.19. The molecule has 0 atom stereocenters. The van der Waals surface area contributed by atoms with Crippen LogP contribution in [0.2, 0.25) is 0 Å². The van der Waals surface area contributed by atoms with E-state index in [0.29, 0.717) is 5.13 Å². The summed E-state index contributed by atoms with van der Waals surface area (Å²) in [4.78, 5) is 12.2. The SMILES string of the molecule is CCCn1c(C)cc(/C=C(\C#N)C(=O)Nc2nnc(C)s2)c1C. The number of hydrogen-bond acceptors (Lipinski definition) is 5. The molecule has 0 radical (unpaired) electrons. The summed E-state index contributed by atoms with van der Waals surface area (Å²) in [6.45, 7) is 8.86. The van der Waals surface area contributed by atoms with Crippen LogP contribution in [0.3, 0.4) is 0 Å². The van der Waals surface area contributed by atoms with Gasteiger partial charge in [0.15, 0.2) is 0 Å². The smallest absolute Gasteiger partial charge is 0.268 e. The third-order valence-electron chi connectivity index (χ3n) is 3.47. The minimum Gasteiger partial charge on any atom is -0.349 e. The van der Waals surface area contributed by atoms with E-state index >= 15 is 0 Å². The first-order chi connectivity index (χ1) is 11.0. The third-order valence-corrected chi connectivity index (χ3v) is 4.23. The molecule has 0 unspecified atom stereocenters. The van der Waals surface area contributed by atoms with Crippen molar-refractivity contribution in [3.05, 3.63) is 33.6 Å². The van der Waals surface area contributed by atoms with E-state index in [9.17, 15) is 10.1 Å². The van der Waals surface area contributed by atoms with E-state index < -0.39 is 5.91 Å². The molecule has 0 bridgehead atoms. The lowest BCUT2D eigenvalue weighted by Crippen LogP contribution is -2.13. The summed E-state index contributed by atoms with van der Waals surface area (Å²) in [6, 6.07) is 3.95. The average Bonchev–Trinajstić information content (AvgIpc) is 3.03. The number of carbonyl (C=O) groups excluding carboxylic acids is 1. The number of aromatic nitrogens is 3. The van der Waals surface area contributed by atoms with Crippen molar-refractivity contribution in [1.82, 2.24) is 14.8 Å². The molecule has 23 heavy (non-hydrogen) atoms. The van der Waals surface area contributed by atoms with Crippen molar-refractivity contribution >= 4 is 28.5 Å². The van der Waals surface area contributed by atoms with Crippen LogP contribution < -0.4 is 5.32 Å². The molecule has 0 saturated heterocycles. The highest BCUT2D eigenvalue weighted by Gasteiger charge is 2.14. The predicted molar refractivity (Wildman–Crippen MR) is 91.1 cm³/mol. The first-order valence-electron chi connectivity index (χ1n) is 7.36. The molecule has 0 aliphatic heterocycles. The van der Waals surface area contributed by atoms with E-state index in [2.05, 4.69) is 27.0 Å². The maximum absolute atomic E-state index is 12.2. The molecule has 0 aromatic carbocycles. The van der Waals surface area contributed by atoms with Crippen molar-refractivity contribution in [2.45, 2.75) is 40.7 Å². The quantitative estimate of drug-likeness (QED) is 0.674. The Morgan fingerprint density at radius 3 is 2.74 bits per heavy atom. The Morgan fingerprint density at radius 1 is 1.43 bits per heavy atom. The van der Waals surface area contributed by atoms with Crippen molar-refractivity contribution in [3.8, 4) is 6.07 Å². The first-order valence-corrected chi connectivity index (χ1v) is 8.17. The fourth-order valence-corrected chi connectivity index (χ4v) is 2.94. The highest BCUT2D eigenvalue weighted by Crippen LogP contribution is 2.20. The number of nitriles is 1. The summed E-state index contributed by atoms with van der Waals surface area (Å²) in [6.07, 6.45) is 2.65. The van der Waals surface area contributed by atoms with Gasteiger partial charge in [0.25, 0.3) is 5.91 Å². The van der Waals surface area contributed by atoms with Gasteiger partial charge in [-0.3, -0.25) is 10.1 Å². The van der Waals surface area contributed by atoms with Gasteiger partial charge in [0.05, 0.1) is 0 Å². The van der Waals surface area contributed by atoms with Gasteiger partial charge in [-0.15, -0.1) is 10.2 Å². The molecular formula is C16H19N5OS. The number of nitrogens with zero attached hydrogens (tertiary/aromatic N) is 4. The lowest BCUT2D eigenvalue weighted by Gasteiger charge is -2.07. The summed E-state index contributed by atoms with van der Waals surface area (Å²) >= 11 is 1.27. The molecule has 1 amide bonds. The van der Waals surface area contributed by atoms with Gasteiger partial charge in [0, 0.05) is 17.9 Å². The highest BCUT2D eigenvalue weighted by atomic mass is 32.1. The molecule has 2 aromatic rings. The van der Waals surface area contributed by atoms with Crippen LogP contribution in [0.15, 0.2) is 11.6 Å². The monoisotopic (exact) mass is 329 g/mol. The Kier molecular flexibility index (Phi) is 5.29. The number of hydrogen-bond donors (Lipinski definition) is 1. The van der Waals surface area contributed by atoms with Gasteiger partial charge in [-0.2, -0.15) is 5.26 Å². The van der Waals surface area contributed by atoms with E-state index in [1.54, 1.807) is 13.0 Å². The standard InChI is InChI=1S/C16H19N5OS/c1-5-6-21-10(2)7-13(11(21)3)8-14(9-17)15(22)18-16-20-19-12(4)23-16/h7-8H,5-6H2,1-4H3,(H,18,20,22)/b14-8+. The van der Waals surface area contributed by atoms with Crippen LogP contribution in [0.1, 0.15) is 35.3 Å². The molecular weight excluding hydrogens is 310 g/mol. The normalized spacial score (nSPS) is 11.3. The number of amides is 1. The third kappa shape index (κ3) is 3.85. The van der Waals surface area contributed by atoms with Gasteiger partial charge >= 0.3 is 0 Å². The largest absolute Gasteiger partial charge is 0.349 e. The van der Waals surface area contributed by atoms with Crippen LogP contribution in [0, 0.1) is 32.1 Å². The molecule has 0 spiro atoms. The van der Waals surface area contributed by atoms with E-state index in [1.807, 2.05) is 26.0 Å². The van der Waals surface area contributed by atoms with Crippen molar-refractivity contribution < 1.29 is 4.79 Å². The molecule has 0 aliphatic rings. The van der Waals surface area contributed by atoms with Gasteiger partial charge in [-0.1, -0.05) is 18.3 Å². The lowest BCUT2D eigenvalue weighted by atomic mass is 10.1. The van der Waals surface area contributed by atoms with Crippen molar-refractivity contribution in [2.24, 2.45) is 0 Å². The maximum Gasteiger partial charge on any atom is 0.268 e. The molecule has 6 nitrogen and oxygen atoms in total. The number of aryl methyl sites for hydroxylation is 2. The maximum atomic E-state index is 12.2. The Balaban J connectivity index is 2.26. The van der Waals surface area contributed by atoms with Crippen LogP contribution in [-0.2, 0) is 11.3 Å². The molecule has 0 fully saturated rings. The second-order valence-corrected chi connectivity index (χ2v) is 6.41. The molecule has 120 valence electrons. The average molecular weight is 329 g/mol. The second kappa shape index (κ2) is 7.20. The minimum absolute atomic E-state index is 0.0506. The molecule has 2 rings (SSSR count). The van der Waals surface area contributed by atoms with Gasteiger partial charge in [0.2, 0.25) is 5.13 Å². The molecule has 2 heterocycles. The second-order valence-electron chi connectivity index (χ2n) is 5.23. The zero-order valence-electron chi connectivity index (χ0n) is 13.7. The molecule has 2 aromatic heterocycles. The van der Waals surface area contributed by atoms with Gasteiger partial charge in [0.1, 0.15) is 16.6 Å². The predicted octanol–water partition coefficient (Wildman–Crippen LogP) is 3.22. The van der Waals surface area contributed by atoms with E-state index in [-0.39, 0.29) is 5.57 Å². The molecule has 0 saturated carbocycles. The van der Waals surface area contributed by atoms with Gasteiger partial charge < -0.3 is 4.57 Å². The topological polar surface area (TPSA) is 83.6 Å². The summed E-state index contributed by atoms with van der Waals surface area (Å²) in [5, 5.41) is 20.7. The van der Waals surface area contributed by atoms with Crippen LogP contribution in [0.25, 0.3) is 6.08 Å². The van der Waals surface area contributed by atoms with Crippen molar-refractivity contribution in [2.75, 3.05) is 5.32 Å². The Hall–Kier alpha value is -2.46. The Bertz CT molecular complexity index is 794. The van der Waals surface area contributed by atoms with Crippen LogP contribution >= 0.6 is 11.3 Å². The van der Waals surface area contributed by atoms with Crippen LogP contribution in [0.4, 0.5) is 5.13 Å². The zero-order valence-corrected chi connectivity index (χ0v) is 14.5. The van der Waals surface area contributed by atoms with Crippen LogP contribution in [0.5, 0.6) is 0 Å². The Morgan fingerprint density at radius 2 is 2.17 bits per heavy atom. The fourth-order valence-electron chi connectivity index (χ4n) is 2.36. The zero-order chi connectivity index (χ0) is 17.0. The Labute approximate surface area is 139 Å². The van der Waals surface area contributed by atoms with E-state index in [1.165, 1.54) is 11.3 Å². The van der Waals surface area contributed by atoms with Gasteiger partial charge in [-0.05, 0) is 44.9 Å². The summed E-state index contributed by atoms with van der Waals surface area (Å²) in [5.74, 6) is -0.469. The molecule has 1 N–H and O–H groups in total. The first kappa shape index (κ1) is 16.9. The number of rotatable bonds is 5. The summed E-state index contributed by atoms with van der Waals surface area (Å²) in [5.41, 5.74) is 3.11. The van der Waals surface area contributed by atoms with Crippen molar-refractivity contribution in [1.29, 1.82) is 5.26 Å². The van der Waals surface area contributed by atoms with E-state index in [0.717, 1.165) is 34.9 Å².